The summed E-state index contributed by atoms with van der Waals surface area (Å²) in [5, 5.41) is 1.23. The van der Waals surface area contributed by atoms with Gasteiger partial charge in [-0.15, -0.1) is 0 Å². The summed E-state index contributed by atoms with van der Waals surface area (Å²) in [6, 6.07) is 1.51. The molecule has 1 aliphatic rings. The van der Waals surface area contributed by atoms with Crippen LogP contribution in [-0.4, -0.2) is 13.4 Å². The van der Waals surface area contributed by atoms with Gasteiger partial charge in [0, 0.05) is 13.4 Å². The first-order chi connectivity index (χ1) is 4.90. The van der Waals surface area contributed by atoms with Crippen LogP contribution in [0.15, 0.2) is 0 Å². The van der Waals surface area contributed by atoms with Crippen LogP contribution in [0.2, 0.25) is 25.7 Å². The van der Waals surface area contributed by atoms with Crippen molar-refractivity contribution in [3.63, 3.8) is 0 Å². The van der Waals surface area contributed by atoms with Crippen molar-refractivity contribution in [1.29, 1.82) is 0 Å². The zero-order valence-electron chi connectivity index (χ0n) is 8.08. The van der Waals surface area contributed by atoms with E-state index >= 15 is 0 Å². The Balaban J connectivity index is 2.48. The molecule has 0 aromatic rings. The molecular weight excluding hydrogens is 216 g/mol. The minimum Gasteiger partial charge on any atom is -0.0922 e. The van der Waals surface area contributed by atoms with Gasteiger partial charge in [-0.05, 0) is 17.8 Å². The second kappa shape index (κ2) is 2.88. The second-order valence-corrected chi connectivity index (χ2v) is 11.4. The van der Waals surface area contributed by atoms with E-state index in [0.29, 0.717) is 5.41 Å². The molecule has 0 heterocycles. The van der Waals surface area contributed by atoms with E-state index in [1.807, 2.05) is 0 Å². The maximum atomic E-state index is 3.65. The Morgan fingerprint density at radius 3 is 2.00 bits per heavy atom. The molecule has 1 aliphatic carbocycles. The van der Waals surface area contributed by atoms with E-state index in [2.05, 4.69) is 42.5 Å². The van der Waals surface area contributed by atoms with Crippen LogP contribution in [0.5, 0.6) is 0 Å². The summed E-state index contributed by atoms with van der Waals surface area (Å²) in [6.45, 7) is 9.81. The van der Waals surface area contributed by atoms with Crippen molar-refractivity contribution in [3.8, 4) is 0 Å². The minimum absolute atomic E-state index is 0.713. The molecule has 0 nitrogen and oxygen atoms in total. The topological polar surface area (TPSA) is 0 Å². The van der Waals surface area contributed by atoms with Crippen molar-refractivity contribution in [1.82, 2.24) is 0 Å². The molecular formula is C9H19BrSi. The molecule has 0 spiro atoms. The SMILES string of the molecule is CC1CC1(CBr)C[Si](C)(C)C. The summed E-state index contributed by atoms with van der Waals surface area (Å²) >= 11 is 3.65. The van der Waals surface area contributed by atoms with Crippen LogP contribution in [0.1, 0.15) is 13.3 Å². The largest absolute Gasteiger partial charge is 0.0922 e. The molecule has 0 saturated heterocycles. The zero-order chi connectivity index (χ0) is 8.70. The smallest absolute Gasteiger partial charge is 0.0448 e. The van der Waals surface area contributed by atoms with Gasteiger partial charge in [-0.3, -0.25) is 0 Å². The van der Waals surface area contributed by atoms with Crippen molar-refractivity contribution < 1.29 is 0 Å². The van der Waals surface area contributed by atoms with Crippen molar-refractivity contribution in [2.45, 2.75) is 39.0 Å². The number of hydrogen-bond donors (Lipinski definition) is 0. The van der Waals surface area contributed by atoms with Gasteiger partial charge >= 0.3 is 0 Å². The molecule has 1 rings (SSSR count). The predicted molar refractivity (Wildman–Crippen MR) is 58.2 cm³/mol. The van der Waals surface area contributed by atoms with Gasteiger partial charge in [0.2, 0.25) is 0 Å². The highest BCUT2D eigenvalue weighted by Gasteiger charge is 2.51. The van der Waals surface area contributed by atoms with Gasteiger partial charge in [-0.2, -0.15) is 0 Å². The molecule has 2 heteroatoms. The molecule has 1 saturated carbocycles. The van der Waals surface area contributed by atoms with Crippen LogP contribution in [-0.2, 0) is 0 Å². The maximum Gasteiger partial charge on any atom is 0.0448 e. The Hall–Kier alpha value is 0.697. The minimum atomic E-state index is -0.823. The Kier molecular flexibility index (Phi) is 2.56. The predicted octanol–water partition coefficient (Wildman–Crippen LogP) is 3.75. The van der Waals surface area contributed by atoms with Gasteiger partial charge in [-0.1, -0.05) is 48.5 Å². The molecule has 11 heavy (non-hydrogen) atoms. The summed E-state index contributed by atoms with van der Waals surface area (Å²) in [5.41, 5.74) is 0.713. The van der Waals surface area contributed by atoms with Crippen molar-refractivity contribution >= 4 is 24.0 Å². The lowest BCUT2D eigenvalue weighted by Gasteiger charge is -2.23. The molecule has 2 unspecified atom stereocenters. The van der Waals surface area contributed by atoms with E-state index in [-0.39, 0.29) is 0 Å². The molecule has 0 bridgehead atoms. The van der Waals surface area contributed by atoms with E-state index in [1.54, 1.807) is 0 Å². The van der Waals surface area contributed by atoms with Crippen LogP contribution in [0, 0.1) is 11.3 Å². The van der Waals surface area contributed by atoms with Crippen LogP contribution in [0.4, 0.5) is 0 Å². The Morgan fingerprint density at radius 1 is 1.45 bits per heavy atom. The van der Waals surface area contributed by atoms with Gasteiger partial charge in [0.1, 0.15) is 0 Å². The average molecular weight is 235 g/mol. The quantitative estimate of drug-likeness (QED) is 0.516. The molecule has 0 aromatic heterocycles. The molecule has 1 fully saturated rings. The summed E-state index contributed by atoms with van der Waals surface area (Å²) < 4.78 is 0. The number of alkyl halides is 1. The van der Waals surface area contributed by atoms with Crippen LogP contribution < -0.4 is 0 Å². The van der Waals surface area contributed by atoms with Crippen molar-refractivity contribution in [2.75, 3.05) is 5.33 Å². The van der Waals surface area contributed by atoms with Crippen molar-refractivity contribution in [2.24, 2.45) is 11.3 Å². The number of rotatable bonds is 3. The van der Waals surface area contributed by atoms with Crippen LogP contribution in [0.25, 0.3) is 0 Å². The lowest BCUT2D eigenvalue weighted by molar-refractivity contribution is 0.591. The lowest BCUT2D eigenvalue weighted by atomic mass is 10.1. The Labute approximate surface area is 79.9 Å². The maximum absolute atomic E-state index is 3.65. The van der Waals surface area contributed by atoms with Crippen molar-refractivity contribution in [3.05, 3.63) is 0 Å². The summed E-state index contributed by atoms with van der Waals surface area (Å²) in [6.07, 6.45) is 1.46. The molecule has 0 aromatic carbocycles. The highest BCUT2D eigenvalue weighted by molar-refractivity contribution is 9.09. The zero-order valence-corrected chi connectivity index (χ0v) is 10.7. The van der Waals surface area contributed by atoms with Gasteiger partial charge in [0.15, 0.2) is 0 Å². The molecule has 0 amide bonds. The van der Waals surface area contributed by atoms with E-state index in [4.69, 9.17) is 0 Å². The summed E-state index contributed by atoms with van der Waals surface area (Å²) in [7, 11) is -0.823. The Morgan fingerprint density at radius 2 is 1.91 bits per heavy atom. The third kappa shape index (κ3) is 2.31. The molecule has 0 radical (unpaired) electrons. The van der Waals surface area contributed by atoms with Gasteiger partial charge in [0.05, 0.1) is 0 Å². The second-order valence-electron chi connectivity index (χ2n) is 5.34. The monoisotopic (exact) mass is 234 g/mol. The van der Waals surface area contributed by atoms with E-state index in [1.165, 1.54) is 17.8 Å². The standard InChI is InChI=1S/C9H19BrSi/c1-8-5-9(8,6-10)7-11(2,3)4/h8H,5-7H2,1-4H3. The van der Waals surface area contributed by atoms with E-state index < -0.39 is 8.07 Å². The van der Waals surface area contributed by atoms with E-state index in [0.717, 1.165) is 5.92 Å². The van der Waals surface area contributed by atoms with Gasteiger partial charge in [-0.25, -0.2) is 0 Å². The normalized spacial score (nSPS) is 37.4. The molecule has 2 atom stereocenters. The summed E-state index contributed by atoms with van der Waals surface area (Å²) in [5.74, 6) is 0.980. The highest BCUT2D eigenvalue weighted by atomic mass is 79.9. The molecule has 0 aliphatic heterocycles. The number of halogens is 1. The van der Waals surface area contributed by atoms with Gasteiger partial charge < -0.3 is 0 Å². The summed E-state index contributed by atoms with van der Waals surface area (Å²) in [4.78, 5) is 0. The number of hydrogen-bond acceptors (Lipinski definition) is 0. The Bertz CT molecular complexity index is 146. The van der Waals surface area contributed by atoms with E-state index in [9.17, 15) is 0 Å². The third-order valence-corrected chi connectivity index (χ3v) is 5.63. The van der Waals surface area contributed by atoms with Crippen LogP contribution in [0.3, 0.4) is 0 Å². The van der Waals surface area contributed by atoms with Crippen LogP contribution >= 0.6 is 15.9 Å². The van der Waals surface area contributed by atoms with Gasteiger partial charge in [0.25, 0.3) is 0 Å². The lowest BCUT2D eigenvalue weighted by Crippen LogP contribution is -2.26. The molecule has 0 N–H and O–H groups in total. The first-order valence-electron chi connectivity index (χ1n) is 4.46. The fraction of sp³-hybridized carbons (Fsp3) is 1.00. The average Bonchev–Trinajstić information content (AvgIpc) is 2.39. The molecule has 66 valence electrons. The fourth-order valence-electron chi connectivity index (χ4n) is 2.09. The first-order valence-corrected chi connectivity index (χ1v) is 9.28. The third-order valence-electron chi connectivity index (χ3n) is 2.75. The first kappa shape index (κ1) is 9.78. The highest BCUT2D eigenvalue weighted by Crippen LogP contribution is 2.58. The fourth-order valence-corrected chi connectivity index (χ4v) is 6.16.